The van der Waals surface area contributed by atoms with Crippen LogP contribution in [0.15, 0.2) is 53.4 Å². The minimum Gasteiger partial charge on any atom is -0.313 e. The van der Waals surface area contributed by atoms with E-state index in [2.05, 4.69) is 23.3 Å². The quantitative estimate of drug-likeness (QED) is 0.265. The Morgan fingerprint density at radius 1 is 1.05 bits per heavy atom. The number of thiophene rings is 1. The van der Waals surface area contributed by atoms with Crippen molar-refractivity contribution in [3.05, 3.63) is 64.5 Å². The Bertz CT molecular complexity index is 1520. The monoisotopic (exact) mass is 568 g/mol. The molecular weight excluding hydrogens is 537 g/mol. The number of thiazole rings is 1. The van der Waals surface area contributed by atoms with Crippen LogP contribution in [0.5, 0.6) is 0 Å². The number of aromatic nitrogens is 1. The fraction of sp³-hybridized carbons (Fsp3) is 0.357. The van der Waals surface area contributed by atoms with Crippen molar-refractivity contribution < 1.29 is 13.2 Å². The van der Waals surface area contributed by atoms with Crippen LogP contribution in [0.3, 0.4) is 0 Å². The normalized spacial score (nSPS) is 14.2. The molecule has 4 aromatic rings. The molecule has 0 atom stereocenters. The average Bonchev–Trinajstić information content (AvgIpc) is 3.48. The number of amides is 1. The second-order valence-corrected chi connectivity index (χ2v) is 13.6. The van der Waals surface area contributed by atoms with Crippen LogP contribution in [0.25, 0.3) is 20.8 Å². The van der Waals surface area contributed by atoms with Gasteiger partial charge in [0, 0.05) is 42.2 Å². The van der Waals surface area contributed by atoms with Crippen molar-refractivity contribution in [3.63, 3.8) is 0 Å². The topological polar surface area (TPSA) is 82.6 Å². The maximum atomic E-state index is 13.4. The SMILES string of the molecule is CCCN(CCC)S(=O)(=O)c1ccc(C(=O)Nc2sc3c(c2-c2nc4ccccc4s2)CCN(C)C3)cc1. The van der Waals surface area contributed by atoms with E-state index in [1.54, 1.807) is 34.8 Å². The van der Waals surface area contributed by atoms with Gasteiger partial charge in [-0.25, -0.2) is 13.4 Å². The van der Waals surface area contributed by atoms with E-state index in [4.69, 9.17) is 4.98 Å². The lowest BCUT2D eigenvalue weighted by atomic mass is 10.0. The number of carbonyl (C=O) groups excluding carboxylic acids is 1. The van der Waals surface area contributed by atoms with Crippen LogP contribution in [0, 0.1) is 0 Å². The largest absolute Gasteiger partial charge is 0.313 e. The lowest BCUT2D eigenvalue weighted by molar-refractivity contribution is 0.102. The third-order valence-electron chi connectivity index (χ3n) is 6.68. The molecule has 0 bridgehead atoms. The van der Waals surface area contributed by atoms with Crippen LogP contribution in [0.2, 0.25) is 0 Å². The minimum atomic E-state index is -3.60. The number of nitrogens with one attached hydrogen (secondary N) is 1. The molecular formula is C28H32N4O3S3. The summed E-state index contributed by atoms with van der Waals surface area (Å²) in [5.74, 6) is -0.262. The van der Waals surface area contributed by atoms with Crippen molar-refractivity contribution in [1.29, 1.82) is 0 Å². The molecule has 3 heterocycles. The van der Waals surface area contributed by atoms with Crippen LogP contribution in [0.1, 0.15) is 47.5 Å². The molecule has 1 aliphatic heterocycles. The van der Waals surface area contributed by atoms with Crippen molar-refractivity contribution >= 4 is 53.8 Å². The molecule has 0 unspecified atom stereocenters. The predicted molar refractivity (Wildman–Crippen MR) is 157 cm³/mol. The van der Waals surface area contributed by atoms with Crippen molar-refractivity contribution in [2.24, 2.45) is 0 Å². The summed E-state index contributed by atoms with van der Waals surface area (Å²) in [5, 5.41) is 4.84. The molecule has 2 aromatic heterocycles. The number of benzene rings is 2. The van der Waals surface area contributed by atoms with E-state index < -0.39 is 10.0 Å². The highest BCUT2D eigenvalue weighted by molar-refractivity contribution is 7.89. The maximum Gasteiger partial charge on any atom is 0.256 e. The summed E-state index contributed by atoms with van der Waals surface area (Å²) < 4.78 is 28.9. The molecule has 0 saturated carbocycles. The first kappa shape index (κ1) is 27.0. The number of nitrogens with zero attached hydrogens (tertiary/aromatic N) is 3. The Labute approximate surface area is 232 Å². The summed E-state index contributed by atoms with van der Waals surface area (Å²) >= 11 is 3.25. The molecule has 0 aliphatic carbocycles. The van der Waals surface area contributed by atoms with Gasteiger partial charge in [0.05, 0.1) is 15.1 Å². The van der Waals surface area contributed by atoms with Crippen LogP contribution in [-0.2, 0) is 23.0 Å². The van der Waals surface area contributed by atoms with Gasteiger partial charge in [-0.1, -0.05) is 26.0 Å². The highest BCUT2D eigenvalue weighted by Gasteiger charge is 2.27. The van der Waals surface area contributed by atoms with E-state index in [1.165, 1.54) is 26.9 Å². The number of para-hydroxylation sites is 1. The third kappa shape index (κ3) is 5.28. The summed E-state index contributed by atoms with van der Waals surface area (Å²) in [6.45, 7) is 6.68. The first-order valence-electron chi connectivity index (χ1n) is 12.9. The number of rotatable bonds is 9. The summed E-state index contributed by atoms with van der Waals surface area (Å²) in [6.07, 6.45) is 2.40. The van der Waals surface area contributed by atoms with Gasteiger partial charge in [-0.05, 0) is 68.3 Å². The molecule has 1 N–H and O–H groups in total. The van der Waals surface area contributed by atoms with E-state index >= 15 is 0 Å². The summed E-state index contributed by atoms with van der Waals surface area (Å²) in [5.41, 5.74) is 3.65. The van der Waals surface area contributed by atoms with E-state index in [0.717, 1.165) is 58.1 Å². The molecule has 2 aromatic carbocycles. The molecule has 10 heteroatoms. The van der Waals surface area contributed by atoms with Gasteiger partial charge < -0.3 is 10.2 Å². The number of hydrogen-bond acceptors (Lipinski definition) is 7. The fourth-order valence-electron chi connectivity index (χ4n) is 4.78. The smallest absolute Gasteiger partial charge is 0.256 e. The van der Waals surface area contributed by atoms with Crippen molar-refractivity contribution in [3.8, 4) is 10.6 Å². The first-order valence-corrected chi connectivity index (χ1v) is 16.0. The zero-order valence-corrected chi connectivity index (χ0v) is 24.3. The molecule has 0 spiro atoms. The zero-order valence-electron chi connectivity index (χ0n) is 21.9. The van der Waals surface area contributed by atoms with E-state index in [1.807, 2.05) is 32.0 Å². The van der Waals surface area contributed by atoms with E-state index in [-0.39, 0.29) is 10.8 Å². The van der Waals surface area contributed by atoms with Gasteiger partial charge in [-0.15, -0.1) is 22.7 Å². The van der Waals surface area contributed by atoms with E-state index in [0.29, 0.717) is 18.7 Å². The standard InChI is InChI=1S/C28H32N4O3S3/c1-4-15-32(16-5-2)38(34,35)20-12-10-19(11-13-20)26(33)30-28-25(21-14-17-31(3)18-24(21)37-28)27-29-22-8-6-7-9-23(22)36-27/h6-13H,4-5,14-18H2,1-3H3,(H,30,33). The number of fused-ring (bicyclic) bond motifs is 2. The first-order chi connectivity index (χ1) is 18.3. The molecule has 38 heavy (non-hydrogen) atoms. The second-order valence-electron chi connectivity index (χ2n) is 9.57. The van der Waals surface area contributed by atoms with E-state index in [9.17, 15) is 13.2 Å². The van der Waals surface area contributed by atoms with Crippen molar-refractivity contribution in [2.75, 3.05) is 32.0 Å². The third-order valence-corrected chi connectivity index (χ3v) is 10.8. The number of carbonyl (C=O) groups is 1. The molecule has 1 amide bonds. The average molecular weight is 569 g/mol. The Balaban J connectivity index is 1.44. The van der Waals surface area contributed by atoms with Gasteiger partial charge in [0.15, 0.2) is 0 Å². The molecule has 0 saturated heterocycles. The van der Waals surface area contributed by atoms with Crippen molar-refractivity contribution in [2.45, 2.75) is 44.6 Å². The van der Waals surface area contributed by atoms with Crippen LogP contribution >= 0.6 is 22.7 Å². The van der Waals surface area contributed by atoms with Gasteiger partial charge in [-0.3, -0.25) is 4.79 Å². The number of sulfonamides is 1. The Hall–Kier alpha value is -2.63. The summed E-state index contributed by atoms with van der Waals surface area (Å²) in [6, 6.07) is 14.3. The second kappa shape index (κ2) is 11.2. The molecule has 200 valence electrons. The Morgan fingerprint density at radius 3 is 2.45 bits per heavy atom. The Kier molecular flexibility index (Phi) is 7.97. The van der Waals surface area contributed by atoms with Gasteiger partial charge in [0.1, 0.15) is 10.0 Å². The predicted octanol–water partition coefficient (Wildman–Crippen LogP) is 6.08. The molecule has 0 fully saturated rings. The van der Waals surface area contributed by atoms with Gasteiger partial charge in [-0.2, -0.15) is 4.31 Å². The molecule has 5 rings (SSSR count). The molecule has 1 aliphatic rings. The van der Waals surface area contributed by atoms with Gasteiger partial charge >= 0.3 is 0 Å². The molecule has 0 radical (unpaired) electrons. The number of likely N-dealkylation sites (N-methyl/N-ethyl adjacent to an activating group) is 1. The maximum absolute atomic E-state index is 13.4. The summed E-state index contributed by atoms with van der Waals surface area (Å²) in [7, 11) is -1.49. The van der Waals surface area contributed by atoms with Crippen LogP contribution in [-0.4, -0.2) is 55.2 Å². The van der Waals surface area contributed by atoms with Crippen LogP contribution in [0.4, 0.5) is 5.00 Å². The van der Waals surface area contributed by atoms with Gasteiger partial charge in [0.25, 0.3) is 5.91 Å². The lowest BCUT2D eigenvalue weighted by Crippen LogP contribution is -2.32. The lowest BCUT2D eigenvalue weighted by Gasteiger charge is -2.22. The Morgan fingerprint density at radius 2 is 1.76 bits per heavy atom. The number of anilines is 1. The fourth-order valence-corrected chi connectivity index (χ4v) is 8.84. The van der Waals surface area contributed by atoms with Crippen molar-refractivity contribution in [1.82, 2.24) is 14.2 Å². The van der Waals surface area contributed by atoms with Crippen LogP contribution < -0.4 is 5.32 Å². The van der Waals surface area contributed by atoms with Gasteiger partial charge in [0.2, 0.25) is 10.0 Å². The molecule has 7 nitrogen and oxygen atoms in total. The highest BCUT2D eigenvalue weighted by Crippen LogP contribution is 2.45. The highest BCUT2D eigenvalue weighted by atomic mass is 32.2. The summed E-state index contributed by atoms with van der Waals surface area (Å²) in [4.78, 5) is 22.0. The minimum absolute atomic E-state index is 0.209. The number of hydrogen-bond donors (Lipinski definition) is 1. The zero-order chi connectivity index (χ0) is 26.9.